The van der Waals surface area contributed by atoms with E-state index in [0.717, 1.165) is 70.6 Å². The van der Waals surface area contributed by atoms with Crippen LogP contribution in [0, 0.1) is 0 Å². The van der Waals surface area contributed by atoms with Crippen LogP contribution < -0.4 is 16.0 Å². The number of unbranched alkanes of at least 4 members (excludes halogenated alkanes) is 2. The number of hydrogen-bond donors (Lipinski definition) is 3. The number of pyridine rings is 1. The summed E-state index contributed by atoms with van der Waals surface area (Å²) in [5.74, 6) is 0.0332. The Morgan fingerprint density at radius 2 is 1.91 bits per heavy atom. The van der Waals surface area contributed by atoms with Crippen LogP contribution in [0.3, 0.4) is 0 Å². The smallest absolute Gasteiger partial charge is 0.315 e. The summed E-state index contributed by atoms with van der Waals surface area (Å²) >= 11 is 0. The number of nitrogens with zero attached hydrogens (tertiary/aromatic N) is 2. The number of rotatable bonds is 14. The molecule has 2 aliphatic rings. The average molecular weight is 490 g/mol. The monoisotopic (exact) mass is 489 g/mol. The minimum absolute atomic E-state index is 0.0332. The van der Waals surface area contributed by atoms with Gasteiger partial charge in [0.15, 0.2) is 0 Å². The molecule has 35 heavy (non-hydrogen) atoms. The van der Waals surface area contributed by atoms with Gasteiger partial charge < -0.3 is 25.4 Å². The van der Waals surface area contributed by atoms with Gasteiger partial charge in [0.1, 0.15) is 6.10 Å². The number of carbonyl (C=O) groups excluding carboxylic acids is 2. The molecule has 9 nitrogen and oxygen atoms in total. The van der Waals surface area contributed by atoms with Gasteiger partial charge in [-0.3, -0.25) is 14.7 Å². The van der Waals surface area contributed by atoms with Crippen LogP contribution in [0.2, 0.25) is 0 Å². The molecule has 2 fully saturated rings. The first-order valence-electron chi connectivity index (χ1n) is 13.3. The molecule has 196 valence electrons. The third-order valence-electron chi connectivity index (χ3n) is 6.66. The van der Waals surface area contributed by atoms with Crippen molar-refractivity contribution < 1.29 is 19.1 Å². The van der Waals surface area contributed by atoms with Crippen molar-refractivity contribution in [1.29, 1.82) is 0 Å². The van der Waals surface area contributed by atoms with Crippen molar-refractivity contribution in [2.24, 2.45) is 0 Å². The lowest BCUT2D eigenvalue weighted by atomic mass is 9.95. The van der Waals surface area contributed by atoms with Crippen LogP contribution in [0.25, 0.3) is 0 Å². The summed E-state index contributed by atoms with van der Waals surface area (Å²) in [5.41, 5.74) is 0.828. The van der Waals surface area contributed by atoms with E-state index < -0.39 is 6.10 Å². The quantitative estimate of drug-likeness (QED) is 0.347. The van der Waals surface area contributed by atoms with Crippen molar-refractivity contribution in [3.05, 3.63) is 30.1 Å². The molecule has 3 rings (SSSR count). The highest BCUT2D eigenvalue weighted by Crippen LogP contribution is 2.18. The van der Waals surface area contributed by atoms with Crippen molar-refractivity contribution >= 4 is 11.9 Å². The Balaban J connectivity index is 1.31. The Morgan fingerprint density at radius 3 is 2.69 bits per heavy atom. The molecule has 0 spiro atoms. The first-order chi connectivity index (χ1) is 17.2. The zero-order valence-electron chi connectivity index (χ0n) is 21.0. The van der Waals surface area contributed by atoms with E-state index in [2.05, 4.69) is 25.8 Å². The Hall–Kier alpha value is -2.23. The van der Waals surface area contributed by atoms with Gasteiger partial charge in [-0.05, 0) is 37.8 Å². The summed E-state index contributed by atoms with van der Waals surface area (Å²) in [7, 11) is 0. The summed E-state index contributed by atoms with van der Waals surface area (Å²) in [6, 6.07) is 5.73. The summed E-state index contributed by atoms with van der Waals surface area (Å²) < 4.78 is 11.5. The molecule has 1 atom stereocenters. The van der Waals surface area contributed by atoms with E-state index >= 15 is 0 Å². The van der Waals surface area contributed by atoms with Gasteiger partial charge in [-0.2, -0.15) is 0 Å². The third-order valence-corrected chi connectivity index (χ3v) is 6.66. The fraction of sp³-hybridized carbons (Fsp3) is 0.731. The molecular formula is C26H43N5O4. The highest BCUT2D eigenvalue weighted by atomic mass is 16.5. The second-order valence-electron chi connectivity index (χ2n) is 9.44. The molecule has 3 amide bonds. The molecule has 1 unspecified atom stereocenters. The normalized spacial score (nSPS) is 18.1. The average Bonchev–Trinajstić information content (AvgIpc) is 2.90. The lowest BCUT2D eigenvalue weighted by Crippen LogP contribution is -2.44. The number of amides is 3. The molecule has 1 saturated heterocycles. The van der Waals surface area contributed by atoms with E-state index in [0.29, 0.717) is 26.1 Å². The van der Waals surface area contributed by atoms with Gasteiger partial charge >= 0.3 is 6.03 Å². The lowest BCUT2D eigenvalue weighted by Gasteiger charge is -2.28. The summed E-state index contributed by atoms with van der Waals surface area (Å²) in [6.45, 7) is 5.77. The van der Waals surface area contributed by atoms with E-state index in [1.165, 1.54) is 19.3 Å². The predicted molar refractivity (Wildman–Crippen MR) is 135 cm³/mol. The van der Waals surface area contributed by atoms with Crippen molar-refractivity contribution in [3.63, 3.8) is 0 Å². The van der Waals surface area contributed by atoms with Gasteiger partial charge in [0.25, 0.3) is 0 Å². The molecule has 9 heteroatoms. The van der Waals surface area contributed by atoms with Crippen molar-refractivity contribution in [1.82, 2.24) is 25.8 Å². The Bertz CT molecular complexity index is 724. The minimum Gasteiger partial charge on any atom is -0.379 e. The van der Waals surface area contributed by atoms with Gasteiger partial charge in [0, 0.05) is 38.4 Å². The van der Waals surface area contributed by atoms with Gasteiger partial charge in [0.05, 0.1) is 32.1 Å². The zero-order chi connectivity index (χ0) is 24.6. The van der Waals surface area contributed by atoms with Gasteiger partial charge in [-0.25, -0.2) is 4.79 Å². The third kappa shape index (κ3) is 11.4. The minimum atomic E-state index is -0.410. The number of urea groups is 1. The largest absolute Gasteiger partial charge is 0.379 e. The van der Waals surface area contributed by atoms with E-state index in [-0.39, 0.29) is 18.0 Å². The Morgan fingerprint density at radius 1 is 1.09 bits per heavy atom. The second kappa shape index (κ2) is 16.4. The van der Waals surface area contributed by atoms with E-state index in [4.69, 9.17) is 9.47 Å². The molecule has 1 aromatic rings. The molecule has 0 aromatic carbocycles. The number of hydrogen-bond acceptors (Lipinski definition) is 6. The first kappa shape index (κ1) is 27.4. The predicted octanol–water partition coefficient (Wildman–Crippen LogP) is 2.61. The Kier molecular flexibility index (Phi) is 12.9. The highest BCUT2D eigenvalue weighted by Gasteiger charge is 2.23. The van der Waals surface area contributed by atoms with Crippen LogP contribution in [-0.2, 0) is 20.8 Å². The topological polar surface area (TPSA) is 105 Å². The maximum absolute atomic E-state index is 13.0. The van der Waals surface area contributed by atoms with Crippen LogP contribution >= 0.6 is 0 Å². The zero-order valence-corrected chi connectivity index (χ0v) is 21.0. The van der Waals surface area contributed by atoms with Crippen LogP contribution in [-0.4, -0.2) is 80.0 Å². The van der Waals surface area contributed by atoms with Crippen LogP contribution in [0.1, 0.15) is 63.5 Å². The molecule has 0 radical (unpaired) electrons. The van der Waals surface area contributed by atoms with E-state index in [1.807, 2.05) is 18.2 Å². The molecule has 1 aromatic heterocycles. The molecule has 3 N–H and O–H groups in total. The Labute approximate surface area is 209 Å². The molecule has 1 saturated carbocycles. The van der Waals surface area contributed by atoms with Gasteiger partial charge in [-0.15, -0.1) is 0 Å². The number of nitrogens with one attached hydrogen (secondary N) is 3. The number of carbonyl (C=O) groups is 2. The highest BCUT2D eigenvalue weighted by molar-refractivity contribution is 5.81. The molecular weight excluding hydrogens is 446 g/mol. The molecule has 1 aliphatic carbocycles. The summed E-state index contributed by atoms with van der Waals surface area (Å²) in [5, 5.41) is 8.93. The van der Waals surface area contributed by atoms with Crippen molar-refractivity contribution in [2.45, 2.75) is 76.5 Å². The van der Waals surface area contributed by atoms with Crippen LogP contribution in [0.5, 0.6) is 0 Å². The van der Waals surface area contributed by atoms with E-state index in [9.17, 15) is 9.59 Å². The maximum atomic E-state index is 13.0. The van der Waals surface area contributed by atoms with Gasteiger partial charge in [0.2, 0.25) is 5.91 Å². The first-order valence-corrected chi connectivity index (χ1v) is 13.3. The van der Waals surface area contributed by atoms with Crippen LogP contribution in [0.15, 0.2) is 24.4 Å². The molecule has 1 aliphatic heterocycles. The molecule has 2 heterocycles. The summed E-state index contributed by atoms with van der Waals surface area (Å²) in [6.07, 6.45) is 10.5. The lowest BCUT2D eigenvalue weighted by molar-refractivity contribution is -0.134. The number of ether oxygens (including phenoxy) is 2. The molecule has 0 bridgehead atoms. The van der Waals surface area contributed by atoms with Gasteiger partial charge in [-0.1, -0.05) is 38.2 Å². The van der Waals surface area contributed by atoms with Crippen molar-refractivity contribution in [2.75, 3.05) is 46.0 Å². The number of morpholine rings is 1. The van der Waals surface area contributed by atoms with E-state index in [1.54, 1.807) is 6.20 Å². The number of aromatic nitrogens is 1. The van der Waals surface area contributed by atoms with Crippen molar-refractivity contribution in [3.8, 4) is 0 Å². The second-order valence-corrected chi connectivity index (χ2v) is 9.44. The van der Waals surface area contributed by atoms with Crippen LogP contribution in [0.4, 0.5) is 4.79 Å². The fourth-order valence-electron chi connectivity index (χ4n) is 4.55. The maximum Gasteiger partial charge on any atom is 0.315 e. The summed E-state index contributed by atoms with van der Waals surface area (Å²) in [4.78, 5) is 31.4. The standard InChI is InChI=1S/C26H43N5O4/c32-25(30-22-9-3-1-4-10-22)24(35-20-17-31-15-18-34-19-16-31)12-5-2-7-14-28-26(33)29-21-23-11-6-8-13-27-23/h6,8,11,13,22,24H,1-5,7,9-10,12,14-21H2,(H,30,32)(H2,28,29,33). The fourth-order valence-corrected chi connectivity index (χ4v) is 4.55. The SMILES string of the molecule is O=C(NCCCCCC(OCCN1CCOCC1)C(=O)NC1CCCCC1)NCc1ccccn1.